The molecule has 1 N–H and O–H groups in total. The Morgan fingerprint density at radius 1 is 0.941 bits per heavy atom. The number of amides is 3. The van der Waals surface area contributed by atoms with Crippen LogP contribution in [0.2, 0.25) is 5.02 Å². The number of nitrogens with zero attached hydrogens (tertiary/aromatic N) is 1. The van der Waals surface area contributed by atoms with E-state index in [1.54, 1.807) is 42.5 Å². The van der Waals surface area contributed by atoms with Gasteiger partial charge >= 0.3 is 5.97 Å². The van der Waals surface area contributed by atoms with Crippen molar-refractivity contribution in [3.05, 3.63) is 87.9 Å². The summed E-state index contributed by atoms with van der Waals surface area (Å²) in [7, 11) is 1.50. The number of nitrogens with one attached hydrogen (secondary N) is 1. The number of benzene rings is 3. The molecule has 8 nitrogen and oxygen atoms in total. The van der Waals surface area contributed by atoms with Crippen molar-refractivity contribution in [2.75, 3.05) is 17.3 Å². The third-order valence-corrected chi connectivity index (χ3v) is 5.40. The second-order valence-electron chi connectivity index (χ2n) is 7.47. The SMILES string of the molecule is COc1ccc(Cl)cc1COC(=O)c1ccc2c(c1)C(=O)N(c1ccc(NC(C)=O)cc1)C2=O. The van der Waals surface area contributed by atoms with Gasteiger partial charge in [-0.3, -0.25) is 14.4 Å². The van der Waals surface area contributed by atoms with Gasteiger partial charge in [0.15, 0.2) is 0 Å². The van der Waals surface area contributed by atoms with Gasteiger partial charge in [-0.15, -0.1) is 0 Å². The Bertz CT molecular complexity index is 1320. The van der Waals surface area contributed by atoms with Crippen LogP contribution >= 0.6 is 11.6 Å². The van der Waals surface area contributed by atoms with Gasteiger partial charge in [-0.2, -0.15) is 0 Å². The molecule has 0 bridgehead atoms. The van der Waals surface area contributed by atoms with Crippen LogP contribution in [-0.4, -0.2) is 30.8 Å². The van der Waals surface area contributed by atoms with Gasteiger partial charge in [-0.25, -0.2) is 9.69 Å². The van der Waals surface area contributed by atoms with E-state index in [-0.39, 0.29) is 29.2 Å². The number of imide groups is 1. The van der Waals surface area contributed by atoms with Gasteiger partial charge in [0.2, 0.25) is 5.91 Å². The lowest BCUT2D eigenvalue weighted by Gasteiger charge is -2.14. The highest BCUT2D eigenvalue weighted by Crippen LogP contribution is 2.30. The quantitative estimate of drug-likeness (QED) is 0.414. The molecule has 0 saturated carbocycles. The summed E-state index contributed by atoms with van der Waals surface area (Å²) < 4.78 is 10.6. The van der Waals surface area contributed by atoms with Crippen LogP contribution in [0.25, 0.3) is 0 Å². The lowest BCUT2D eigenvalue weighted by Crippen LogP contribution is -2.29. The van der Waals surface area contributed by atoms with Crippen LogP contribution in [0.15, 0.2) is 60.7 Å². The van der Waals surface area contributed by atoms with E-state index in [9.17, 15) is 19.2 Å². The van der Waals surface area contributed by atoms with Gasteiger partial charge in [0.05, 0.1) is 29.5 Å². The molecular formula is C25H19ClN2O6. The average molecular weight is 479 g/mol. The summed E-state index contributed by atoms with van der Waals surface area (Å²) in [4.78, 5) is 50.7. The minimum atomic E-state index is -0.664. The molecule has 0 atom stereocenters. The molecule has 34 heavy (non-hydrogen) atoms. The summed E-state index contributed by atoms with van der Waals surface area (Å²) in [5.41, 5.74) is 1.88. The fraction of sp³-hybridized carbons (Fsp3) is 0.120. The number of methoxy groups -OCH3 is 1. The molecule has 3 amide bonds. The zero-order valence-corrected chi connectivity index (χ0v) is 19.0. The number of fused-ring (bicyclic) bond motifs is 1. The van der Waals surface area contributed by atoms with E-state index in [0.717, 1.165) is 4.90 Å². The Hall–Kier alpha value is -4.17. The number of anilines is 2. The highest BCUT2D eigenvalue weighted by atomic mass is 35.5. The van der Waals surface area contributed by atoms with Crippen molar-refractivity contribution in [2.45, 2.75) is 13.5 Å². The number of esters is 1. The van der Waals surface area contributed by atoms with Crippen molar-refractivity contribution in [3.8, 4) is 5.75 Å². The van der Waals surface area contributed by atoms with Crippen LogP contribution in [0.5, 0.6) is 5.75 Å². The first-order chi connectivity index (χ1) is 16.3. The predicted octanol–water partition coefficient (Wildman–Crippen LogP) is 4.46. The molecule has 0 aliphatic carbocycles. The first kappa shape index (κ1) is 23.0. The van der Waals surface area contributed by atoms with E-state index in [1.807, 2.05) is 0 Å². The number of rotatable bonds is 6. The van der Waals surface area contributed by atoms with Crippen molar-refractivity contribution < 1.29 is 28.7 Å². The van der Waals surface area contributed by atoms with Gasteiger partial charge in [0.25, 0.3) is 11.8 Å². The van der Waals surface area contributed by atoms with Crippen LogP contribution in [0.1, 0.15) is 43.6 Å². The number of hydrogen-bond acceptors (Lipinski definition) is 6. The van der Waals surface area contributed by atoms with Gasteiger partial charge in [0, 0.05) is 23.2 Å². The number of ether oxygens (including phenoxy) is 2. The number of carbonyl (C=O) groups excluding carboxylic acids is 4. The molecule has 1 aliphatic rings. The minimum absolute atomic E-state index is 0.0840. The Morgan fingerprint density at radius 2 is 1.65 bits per heavy atom. The van der Waals surface area contributed by atoms with E-state index < -0.39 is 17.8 Å². The Labute approximate surface area is 200 Å². The Morgan fingerprint density at radius 3 is 2.32 bits per heavy atom. The van der Waals surface area contributed by atoms with E-state index >= 15 is 0 Å². The molecule has 0 saturated heterocycles. The lowest BCUT2D eigenvalue weighted by molar-refractivity contribution is -0.114. The Kier molecular flexibility index (Phi) is 6.34. The van der Waals surface area contributed by atoms with E-state index in [1.165, 1.54) is 32.2 Å². The van der Waals surface area contributed by atoms with Gasteiger partial charge in [-0.05, 0) is 60.7 Å². The van der Waals surface area contributed by atoms with Gasteiger partial charge < -0.3 is 14.8 Å². The van der Waals surface area contributed by atoms with Crippen LogP contribution in [0.3, 0.4) is 0 Å². The molecule has 1 heterocycles. The predicted molar refractivity (Wildman–Crippen MR) is 125 cm³/mol. The van der Waals surface area contributed by atoms with Crippen LogP contribution < -0.4 is 15.0 Å². The minimum Gasteiger partial charge on any atom is -0.496 e. The molecule has 3 aromatic carbocycles. The smallest absolute Gasteiger partial charge is 0.338 e. The normalized spacial score (nSPS) is 12.4. The standard InChI is InChI=1S/C25H19ClN2O6/c1-14(29)27-18-5-7-19(8-6-18)28-23(30)20-9-3-15(12-21(20)24(28)31)25(32)34-13-16-11-17(26)4-10-22(16)33-2/h3-12H,13H2,1-2H3,(H,27,29). The highest BCUT2D eigenvalue weighted by Gasteiger charge is 2.37. The molecule has 0 spiro atoms. The third kappa shape index (κ3) is 4.49. The van der Waals surface area contributed by atoms with Crippen molar-refractivity contribution in [2.24, 2.45) is 0 Å². The van der Waals surface area contributed by atoms with Crippen molar-refractivity contribution in [3.63, 3.8) is 0 Å². The summed E-state index contributed by atoms with van der Waals surface area (Å²) in [6.45, 7) is 1.30. The first-order valence-electron chi connectivity index (χ1n) is 10.2. The molecule has 0 radical (unpaired) electrons. The first-order valence-corrected chi connectivity index (χ1v) is 10.6. The molecule has 9 heteroatoms. The largest absolute Gasteiger partial charge is 0.496 e. The maximum Gasteiger partial charge on any atom is 0.338 e. The van der Waals surface area contributed by atoms with Crippen molar-refractivity contribution in [1.29, 1.82) is 0 Å². The fourth-order valence-electron chi connectivity index (χ4n) is 3.59. The summed E-state index contributed by atoms with van der Waals surface area (Å²) >= 11 is 6.01. The topological polar surface area (TPSA) is 102 Å². The van der Waals surface area contributed by atoms with E-state index in [4.69, 9.17) is 21.1 Å². The lowest BCUT2D eigenvalue weighted by atomic mass is 10.1. The number of carbonyl (C=O) groups is 4. The number of halogens is 1. The second kappa shape index (κ2) is 9.36. The molecule has 4 rings (SSSR count). The Balaban J connectivity index is 1.52. The van der Waals surface area contributed by atoms with Gasteiger partial charge in [0.1, 0.15) is 12.4 Å². The van der Waals surface area contributed by atoms with Gasteiger partial charge in [-0.1, -0.05) is 11.6 Å². The molecule has 0 aromatic heterocycles. The van der Waals surface area contributed by atoms with Crippen LogP contribution in [-0.2, 0) is 16.1 Å². The monoisotopic (exact) mass is 478 g/mol. The zero-order chi connectivity index (χ0) is 24.4. The molecule has 172 valence electrons. The highest BCUT2D eigenvalue weighted by molar-refractivity contribution is 6.34. The van der Waals surface area contributed by atoms with Crippen LogP contribution in [0, 0.1) is 0 Å². The molecular weight excluding hydrogens is 460 g/mol. The summed E-state index contributed by atoms with van der Waals surface area (Å²) in [5, 5.41) is 3.09. The molecule has 0 fully saturated rings. The van der Waals surface area contributed by atoms with Crippen LogP contribution in [0.4, 0.5) is 11.4 Å². The van der Waals surface area contributed by atoms with E-state index in [0.29, 0.717) is 27.7 Å². The maximum absolute atomic E-state index is 13.0. The third-order valence-electron chi connectivity index (χ3n) is 5.17. The average Bonchev–Trinajstić information content (AvgIpc) is 3.07. The molecule has 3 aromatic rings. The fourth-order valence-corrected chi connectivity index (χ4v) is 3.78. The summed E-state index contributed by atoms with van der Waals surface area (Å²) in [6, 6.07) is 15.5. The zero-order valence-electron chi connectivity index (χ0n) is 18.3. The maximum atomic E-state index is 13.0. The molecule has 0 unspecified atom stereocenters. The van der Waals surface area contributed by atoms with Crippen molar-refractivity contribution in [1.82, 2.24) is 0 Å². The second-order valence-corrected chi connectivity index (χ2v) is 7.90. The number of hydrogen-bond donors (Lipinski definition) is 1. The molecule has 1 aliphatic heterocycles. The van der Waals surface area contributed by atoms with E-state index in [2.05, 4.69) is 5.32 Å². The summed E-state index contributed by atoms with van der Waals surface area (Å²) in [5.74, 6) is -1.44. The van der Waals surface area contributed by atoms with Crippen molar-refractivity contribution >= 4 is 46.7 Å². The summed E-state index contributed by atoms with van der Waals surface area (Å²) in [6.07, 6.45) is 0.